The molecule has 0 aliphatic carbocycles. The molecule has 0 unspecified atom stereocenters. The molecule has 0 radical (unpaired) electrons. The van der Waals surface area contributed by atoms with Gasteiger partial charge in [0.1, 0.15) is 17.2 Å². The van der Waals surface area contributed by atoms with E-state index in [0.29, 0.717) is 11.4 Å². The van der Waals surface area contributed by atoms with Crippen LogP contribution in [0.2, 0.25) is 0 Å². The quantitative estimate of drug-likeness (QED) is 0.918. The molecular weight excluding hydrogens is 263 g/mol. The molecule has 0 aliphatic heterocycles. The Morgan fingerprint density at radius 3 is 2.68 bits per heavy atom. The first-order valence-corrected chi connectivity index (χ1v) is 5.34. The van der Waals surface area contributed by atoms with E-state index in [0.717, 1.165) is 0 Å². The molecule has 0 fully saturated rings. The Morgan fingerprint density at radius 1 is 1.32 bits per heavy atom. The summed E-state index contributed by atoms with van der Waals surface area (Å²) in [5.41, 5.74) is 5.95. The number of aryl methyl sites for hydroxylation is 2. The van der Waals surface area contributed by atoms with Gasteiger partial charge in [0, 0.05) is 12.6 Å². The van der Waals surface area contributed by atoms with E-state index in [9.17, 15) is 13.2 Å². The number of anilines is 1. The number of halogens is 3. The molecule has 102 valence electrons. The topological polar surface area (TPSA) is 90.7 Å². The zero-order chi connectivity index (χ0) is 14.0. The normalized spacial score (nSPS) is 11.8. The minimum Gasteiger partial charge on any atom is -0.383 e. The molecule has 0 aromatic carbocycles. The van der Waals surface area contributed by atoms with Crippen LogP contribution in [0.5, 0.6) is 0 Å². The van der Waals surface area contributed by atoms with Gasteiger partial charge < -0.3 is 10.3 Å². The predicted octanol–water partition coefficient (Wildman–Crippen LogP) is 1.91. The Morgan fingerprint density at radius 2 is 2.05 bits per heavy atom. The summed E-state index contributed by atoms with van der Waals surface area (Å²) in [4.78, 5) is 11.7. The predicted molar refractivity (Wildman–Crippen MR) is 58.8 cm³/mol. The van der Waals surface area contributed by atoms with Crippen molar-refractivity contribution in [2.45, 2.75) is 25.9 Å². The van der Waals surface area contributed by atoms with E-state index in [1.54, 1.807) is 6.92 Å². The molecule has 2 N–H and O–H groups in total. The van der Waals surface area contributed by atoms with E-state index in [1.807, 2.05) is 0 Å². The zero-order valence-corrected chi connectivity index (χ0v) is 9.90. The fraction of sp³-hybridized carbons (Fsp3) is 0.400. The standard InChI is InChI=1S/C10H10F3N5O/c1-5-15-4-6(8(14)16-5)9-17-7(18-19-9)2-3-10(11,12)13/h4H,2-3H2,1H3,(H2,14,15,16). The van der Waals surface area contributed by atoms with Gasteiger partial charge in [0.25, 0.3) is 5.89 Å². The first-order valence-electron chi connectivity index (χ1n) is 5.34. The van der Waals surface area contributed by atoms with Crippen molar-refractivity contribution in [2.75, 3.05) is 5.73 Å². The van der Waals surface area contributed by atoms with E-state index in [-0.39, 0.29) is 24.0 Å². The lowest BCUT2D eigenvalue weighted by Crippen LogP contribution is -2.09. The molecule has 0 bridgehead atoms. The zero-order valence-electron chi connectivity index (χ0n) is 9.90. The lowest BCUT2D eigenvalue weighted by Gasteiger charge is -2.02. The van der Waals surface area contributed by atoms with Crippen LogP contribution in [0.15, 0.2) is 10.7 Å². The summed E-state index contributed by atoms with van der Waals surface area (Å²) in [7, 11) is 0. The fourth-order valence-corrected chi connectivity index (χ4v) is 1.37. The molecule has 0 saturated heterocycles. The average Bonchev–Trinajstić information content (AvgIpc) is 2.74. The third-order valence-corrected chi connectivity index (χ3v) is 2.27. The monoisotopic (exact) mass is 273 g/mol. The summed E-state index contributed by atoms with van der Waals surface area (Å²) < 4.78 is 41.0. The maximum atomic E-state index is 12.1. The maximum absolute atomic E-state index is 12.1. The lowest BCUT2D eigenvalue weighted by molar-refractivity contribution is -0.134. The van der Waals surface area contributed by atoms with E-state index in [1.165, 1.54) is 6.20 Å². The molecule has 0 amide bonds. The van der Waals surface area contributed by atoms with Crippen molar-refractivity contribution in [3.05, 3.63) is 17.8 Å². The van der Waals surface area contributed by atoms with Crippen LogP contribution in [0.3, 0.4) is 0 Å². The molecule has 0 spiro atoms. The number of nitrogens with zero attached hydrogens (tertiary/aromatic N) is 4. The minimum absolute atomic E-state index is 0.00896. The molecule has 2 rings (SSSR count). The van der Waals surface area contributed by atoms with Gasteiger partial charge in [-0.1, -0.05) is 5.16 Å². The Hall–Kier alpha value is -2.19. The molecule has 2 aromatic rings. The van der Waals surface area contributed by atoms with Crippen molar-refractivity contribution in [3.63, 3.8) is 0 Å². The Balaban J connectivity index is 2.16. The average molecular weight is 273 g/mol. The first-order chi connectivity index (χ1) is 8.85. The van der Waals surface area contributed by atoms with Crippen molar-refractivity contribution in [1.29, 1.82) is 0 Å². The first kappa shape index (κ1) is 13.2. The molecule has 0 saturated carbocycles. The molecule has 0 aliphatic rings. The minimum atomic E-state index is -4.26. The number of alkyl halides is 3. The van der Waals surface area contributed by atoms with E-state index >= 15 is 0 Å². The van der Waals surface area contributed by atoms with Gasteiger partial charge in [0.15, 0.2) is 5.82 Å². The van der Waals surface area contributed by atoms with Crippen LogP contribution >= 0.6 is 0 Å². The summed E-state index contributed by atoms with van der Waals surface area (Å²) in [6.45, 7) is 1.66. The van der Waals surface area contributed by atoms with Crippen LogP contribution in [0.25, 0.3) is 11.5 Å². The van der Waals surface area contributed by atoms with Gasteiger partial charge in [-0.2, -0.15) is 18.2 Å². The summed E-state index contributed by atoms with van der Waals surface area (Å²) in [5, 5.41) is 3.46. The van der Waals surface area contributed by atoms with Crippen molar-refractivity contribution < 1.29 is 17.7 Å². The SMILES string of the molecule is Cc1ncc(-c2nc(CCC(F)(F)F)no2)c(N)n1. The highest BCUT2D eigenvalue weighted by atomic mass is 19.4. The van der Waals surface area contributed by atoms with Gasteiger partial charge in [-0.05, 0) is 6.92 Å². The highest BCUT2D eigenvalue weighted by Gasteiger charge is 2.27. The van der Waals surface area contributed by atoms with E-state index in [4.69, 9.17) is 10.3 Å². The van der Waals surface area contributed by atoms with Crippen molar-refractivity contribution >= 4 is 5.82 Å². The largest absolute Gasteiger partial charge is 0.389 e. The molecule has 0 atom stereocenters. The number of hydrogen-bond acceptors (Lipinski definition) is 6. The van der Waals surface area contributed by atoms with Crippen LogP contribution in [-0.4, -0.2) is 26.3 Å². The van der Waals surface area contributed by atoms with Gasteiger partial charge in [-0.25, -0.2) is 9.97 Å². The van der Waals surface area contributed by atoms with Crippen molar-refractivity contribution in [2.24, 2.45) is 0 Å². The number of rotatable bonds is 3. The second-order valence-electron chi connectivity index (χ2n) is 3.85. The van der Waals surface area contributed by atoms with Gasteiger partial charge in [0.2, 0.25) is 0 Å². The lowest BCUT2D eigenvalue weighted by atomic mass is 10.3. The smallest absolute Gasteiger partial charge is 0.383 e. The molecule has 2 heterocycles. The summed E-state index contributed by atoms with van der Waals surface area (Å²) in [6, 6.07) is 0. The van der Waals surface area contributed by atoms with Crippen LogP contribution in [0.1, 0.15) is 18.1 Å². The van der Waals surface area contributed by atoms with Crippen LogP contribution in [0.4, 0.5) is 19.0 Å². The fourth-order valence-electron chi connectivity index (χ4n) is 1.37. The molecule has 19 heavy (non-hydrogen) atoms. The third kappa shape index (κ3) is 3.39. The molecule has 2 aromatic heterocycles. The Labute approximate surface area is 105 Å². The second-order valence-corrected chi connectivity index (χ2v) is 3.85. The Kier molecular flexibility index (Phi) is 3.36. The Bertz CT molecular complexity index is 581. The highest BCUT2D eigenvalue weighted by Crippen LogP contribution is 2.24. The summed E-state index contributed by atoms with van der Waals surface area (Å²) in [5.74, 6) is 0.582. The van der Waals surface area contributed by atoms with Crippen LogP contribution in [-0.2, 0) is 6.42 Å². The van der Waals surface area contributed by atoms with Crippen LogP contribution in [0, 0.1) is 6.92 Å². The third-order valence-electron chi connectivity index (χ3n) is 2.27. The van der Waals surface area contributed by atoms with Gasteiger partial charge in [0.05, 0.1) is 6.42 Å². The van der Waals surface area contributed by atoms with E-state index in [2.05, 4.69) is 20.1 Å². The van der Waals surface area contributed by atoms with E-state index < -0.39 is 12.6 Å². The number of hydrogen-bond donors (Lipinski definition) is 1. The molecule has 9 heteroatoms. The molecule has 6 nitrogen and oxygen atoms in total. The number of nitrogen functional groups attached to an aromatic ring is 1. The summed E-state index contributed by atoms with van der Waals surface area (Å²) in [6.07, 6.45) is -4.23. The second kappa shape index (κ2) is 4.82. The van der Waals surface area contributed by atoms with Gasteiger partial charge in [-0.15, -0.1) is 0 Å². The van der Waals surface area contributed by atoms with Crippen molar-refractivity contribution in [3.8, 4) is 11.5 Å². The van der Waals surface area contributed by atoms with Crippen molar-refractivity contribution in [1.82, 2.24) is 20.1 Å². The number of nitrogens with two attached hydrogens (primary N) is 1. The maximum Gasteiger partial charge on any atom is 0.389 e. The summed E-state index contributed by atoms with van der Waals surface area (Å²) >= 11 is 0. The molecular formula is C10H10F3N5O. The van der Waals surface area contributed by atoms with Gasteiger partial charge >= 0.3 is 6.18 Å². The highest BCUT2D eigenvalue weighted by molar-refractivity contribution is 5.65. The van der Waals surface area contributed by atoms with Gasteiger partial charge in [-0.3, -0.25) is 0 Å². The van der Waals surface area contributed by atoms with Crippen LogP contribution < -0.4 is 5.73 Å². The number of aromatic nitrogens is 4.